The fraction of sp³-hybridized carbons (Fsp3) is 0.385. The van der Waals surface area contributed by atoms with E-state index >= 15 is 0 Å². The fourth-order valence-electron chi connectivity index (χ4n) is 1.41. The number of carboxylic acid groups (broad SMARTS) is 1. The van der Waals surface area contributed by atoms with Crippen LogP contribution in [0.3, 0.4) is 0 Å². The Hall–Kier alpha value is -1.56. The van der Waals surface area contributed by atoms with E-state index in [1.54, 1.807) is 19.1 Å². The van der Waals surface area contributed by atoms with Crippen molar-refractivity contribution in [1.82, 2.24) is 0 Å². The van der Waals surface area contributed by atoms with Crippen molar-refractivity contribution in [1.29, 1.82) is 0 Å². The molecule has 0 radical (unpaired) electrons. The van der Waals surface area contributed by atoms with E-state index in [0.717, 1.165) is 4.47 Å². The topological polar surface area (TPSA) is 72.8 Å². The molecule has 19 heavy (non-hydrogen) atoms. The maximum absolute atomic E-state index is 11.4. The van der Waals surface area contributed by atoms with E-state index in [9.17, 15) is 9.59 Å². The first-order chi connectivity index (χ1) is 9.04. The molecule has 1 aromatic carbocycles. The first-order valence-corrected chi connectivity index (χ1v) is 6.61. The molecule has 1 unspecified atom stereocenters. The molecule has 5 nitrogen and oxygen atoms in total. The van der Waals surface area contributed by atoms with E-state index in [2.05, 4.69) is 15.9 Å². The molecule has 0 aliphatic heterocycles. The molecular weight excluding hydrogens is 316 g/mol. The maximum atomic E-state index is 11.4. The Morgan fingerprint density at radius 2 is 1.95 bits per heavy atom. The Bertz CT molecular complexity index is 429. The van der Waals surface area contributed by atoms with Gasteiger partial charge in [-0.1, -0.05) is 15.9 Å². The van der Waals surface area contributed by atoms with Crippen LogP contribution in [-0.4, -0.2) is 30.3 Å². The summed E-state index contributed by atoms with van der Waals surface area (Å²) in [6.07, 6.45) is 0.0736. The Kier molecular flexibility index (Phi) is 6.35. The minimum Gasteiger partial charge on any atom is -0.494 e. The third-order valence-electron chi connectivity index (χ3n) is 2.36. The lowest BCUT2D eigenvalue weighted by molar-refractivity contribution is -0.158. The molecule has 1 rings (SSSR count). The van der Waals surface area contributed by atoms with E-state index in [1.165, 1.54) is 0 Å². The summed E-state index contributed by atoms with van der Waals surface area (Å²) < 4.78 is 11.0. The second-order valence-electron chi connectivity index (χ2n) is 3.73. The molecule has 0 aliphatic rings. The highest BCUT2D eigenvalue weighted by Gasteiger charge is 2.27. The minimum absolute atomic E-state index is 0.0736. The maximum Gasteiger partial charge on any atom is 0.320 e. The molecule has 0 bridgehead atoms. The van der Waals surface area contributed by atoms with Crippen LogP contribution in [0, 0.1) is 5.92 Å². The molecule has 1 N–H and O–H groups in total. The van der Waals surface area contributed by atoms with Crippen LogP contribution in [0.25, 0.3) is 0 Å². The van der Waals surface area contributed by atoms with E-state index in [1.807, 2.05) is 12.1 Å². The summed E-state index contributed by atoms with van der Waals surface area (Å²) in [5.74, 6) is -2.49. The number of hydrogen-bond donors (Lipinski definition) is 1. The highest BCUT2D eigenvalue weighted by Crippen LogP contribution is 2.17. The van der Waals surface area contributed by atoms with E-state index in [4.69, 9.17) is 14.6 Å². The molecule has 0 heterocycles. The zero-order chi connectivity index (χ0) is 14.3. The van der Waals surface area contributed by atoms with Crippen molar-refractivity contribution >= 4 is 27.9 Å². The van der Waals surface area contributed by atoms with Crippen molar-refractivity contribution < 1.29 is 24.2 Å². The van der Waals surface area contributed by atoms with Crippen molar-refractivity contribution in [3.05, 3.63) is 28.7 Å². The van der Waals surface area contributed by atoms with Gasteiger partial charge in [0.1, 0.15) is 5.75 Å². The van der Waals surface area contributed by atoms with E-state index in [0.29, 0.717) is 5.75 Å². The molecule has 0 saturated carbocycles. The zero-order valence-corrected chi connectivity index (χ0v) is 12.1. The Balaban J connectivity index is 2.46. The van der Waals surface area contributed by atoms with Crippen molar-refractivity contribution in [3.63, 3.8) is 0 Å². The molecule has 1 aromatic rings. The largest absolute Gasteiger partial charge is 0.494 e. The van der Waals surface area contributed by atoms with Gasteiger partial charge in [-0.2, -0.15) is 0 Å². The molecule has 0 amide bonds. The smallest absolute Gasteiger partial charge is 0.320 e. The Morgan fingerprint density at radius 1 is 1.32 bits per heavy atom. The van der Waals surface area contributed by atoms with Gasteiger partial charge in [0, 0.05) is 10.9 Å². The van der Waals surface area contributed by atoms with Crippen LogP contribution < -0.4 is 4.74 Å². The number of esters is 1. The van der Waals surface area contributed by atoms with Gasteiger partial charge in [0.15, 0.2) is 5.92 Å². The SMILES string of the molecule is CCOC(=O)C(CCOc1ccc(Br)cc1)C(=O)O. The van der Waals surface area contributed by atoms with Gasteiger partial charge in [0.2, 0.25) is 0 Å². The van der Waals surface area contributed by atoms with Gasteiger partial charge in [-0.25, -0.2) is 0 Å². The second kappa shape index (κ2) is 7.78. The molecule has 6 heteroatoms. The van der Waals surface area contributed by atoms with Gasteiger partial charge < -0.3 is 14.6 Å². The predicted octanol–water partition coefficient (Wildman–Crippen LogP) is 2.48. The number of carbonyl (C=O) groups is 2. The lowest BCUT2D eigenvalue weighted by atomic mass is 10.1. The molecule has 104 valence electrons. The first-order valence-electron chi connectivity index (χ1n) is 5.82. The number of halogens is 1. The van der Waals surface area contributed by atoms with E-state index in [-0.39, 0.29) is 19.6 Å². The van der Waals surface area contributed by atoms with Gasteiger partial charge in [0.25, 0.3) is 0 Å². The fourth-order valence-corrected chi connectivity index (χ4v) is 1.67. The first kappa shape index (κ1) is 15.5. The summed E-state index contributed by atoms with van der Waals surface area (Å²) in [6, 6.07) is 7.14. The number of aliphatic carboxylic acids is 1. The molecule has 0 aromatic heterocycles. The lowest BCUT2D eigenvalue weighted by Crippen LogP contribution is -2.27. The zero-order valence-electron chi connectivity index (χ0n) is 10.5. The van der Waals surface area contributed by atoms with Crippen LogP contribution in [0.2, 0.25) is 0 Å². The van der Waals surface area contributed by atoms with Crippen LogP contribution in [0.15, 0.2) is 28.7 Å². The van der Waals surface area contributed by atoms with Crippen LogP contribution in [0.4, 0.5) is 0 Å². The molecular formula is C13H15BrO5. The molecule has 0 fully saturated rings. The number of hydrogen-bond acceptors (Lipinski definition) is 4. The van der Waals surface area contributed by atoms with Crippen molar-refractivity contribution in [2.24, 2.45) is 5.92 Å². The third kappa shape index (κ3) is 5.30. The second-order valence-corrected chi connectivity index (χ2v) is 4.65. The molecule has 1 atom stereocenters. The summed E-state index contributed by atoms with van der Waals surface area (Å²) in [5.41, 5.74) is 0. The van der Waals surface area contributed by atoms with Gasteiger partial charge in [-0.3, -0.25) is 9.59 Å². The van der Waals surface area contributed by atoms with Crippen LogP contribution in [0.1, 0.15) is 13.3 Å². The van der Waals surface area contributed by atoms with Crippen LogP contribution >= 0.6 is 15.9 Å². The molecule has 0 saturated heterocycles. The van der Waals surface area contributed by atoms with Crippen molar-refractivity contribution in [2.45, 2.75) is 13.3 Å². The highest BCUT2D eigenvalue weighted by molar-refractivity contribution is 9.10. The van der Waals surface area contributed by atoms with Crippen LogP contribution in [0.5, 0.6) is 5.75 Å². The summed E-state index contributed by atoms with van der Waals surface area (Å²) in [6.45, 7) is 1.93. The normalized spacial score (nSPS) is 11.7. The number of benzene rings is 1. The summed E-state index contributed by atoms with van der Waals surface area (Å²) in [4.78, 5) is 22.3. The number of carbonyl (C=O) groups excluding carboxylic acids is 1. The summed E-state index contributed by atoms with van der Waals surface area (Å²) in [5, 5.41) is 8.94. The summed E-state index contributed by atoms with van der Waals surface area (Å²) >= 11 is 3.30. The van der Waals surface area contributed by atoms with E-state index < -0.39 is 17.9 Å². The summed E-state index contributed by atoms with van der Waals surface area (Å²) in [7, 11) is 0. The minimum atomic E-state index is -1.20. The Morgan fingerprint density at radius 3 is 2.47 bits per heavy atom. The highest BCUT2D eigenvalue weighted by atomic mass is 79.9. The van der Waals surface area contributed by atoms with Gasteiger partial charge >= 0.3 is 11.9 Å². The quantitative estimate of drug-likeness (QED) is 0.614. The average molecular weight is 331 g/mol. The molecule has 0 aliphatic carbocycles. The number of ether oxygens (including phenoxy) is 2. The lowest BCUT2D eigenvalue weighted by Gasteiger charge is -2.12. The van der Waals surface area contributed by atoms with Crippen LogP contribution in [-0.2, 0) is 14.3 Å². The predicted molar refractivity (Wildman–Crippen MR) is 72.0 cm³/mol. The number of rotatable bonds is 7. The van der Waals surface area contributed by atoms with Gasteiger partial charge in [-0.05, 0) is 31.2 Å². The van der Waals surface area contributed by atoms with Crippen molar-refractivity contribution in [2.75, 3.05) is 13.2 Å². The van der Waals surface area contributed by atoms with Crippen molar-refractivity contribution in [3.8, 4) is 5.75 Å². The monoisotopic (exact) mass is 330 g/mol. The number of carboxylic acids is 1. The third-order valence-corrected chi connectivity index (χ3v) is 2.89. The van der Waals surface area contributed by atoms with Gasteiger partial charge in [-0.15, -0.1) is 0 Å². The average Bonchev–Trinajstić information content (AvgIpc) is 2.36. The standard InChI is InChI=1S/C13H15BrO5/c1-2-18-13(17)11(12(15)16)7-8-19-10-5-3-9(14)4-6-10/h3-6,11H,2,7-8H2,1H3,(H,15,16). The molecule has 0 spiro atoms. The van der Waals surface area contributed by atoms with Gasteiger partial charge in [0.05, 0.1) is 13.2 Å². The Labute approximate surface area is 119 Å².